The van der Waals surface area contributed by atoms with Crippen LogP contribution in [0, 0.1) is 13.8 Å². The topological polar surface area (TPSA) is 96.0 Å². The number of anilines is 1. The molecule has 0 fully saturated rings. The molecule has 0 aromatic heterocycles. The normalized spacial score (nSPS) is 11.7. The van der Waals surface area contributed by atoms with Crippen LogP contribution in [0.3, 0.4) is 0 Å². The van der Waals surface area contributed by atoms with Crippen molar-refractivity contribution in [1.82, 2.24) is 10.2 Å². The molecule has 1 atom stereocenters. The van der Waals surface area contributed by atoms with E-state index in [4.69, 9.17) is 4.74 Å². The van der Waals surface area contributed by atoms with Gasteiger partial charge in [-0.2, -0.15) is 0 Å². The van der Waals surface area contributed by atoms with Gasteiger partial charge in [0.25, 0.3) is 10.0 Å². The Morgan fingerprint density at radius 2 is 1.34 bits per heavy atom. The maximum absolute atomic E-state index is 14.7. The minimum absolute atomic E-state index is 0.0486. The van der Waals surface area contributed by atoms with Crippen molar-refractivity contribution in [2.24, 2.45) is 0 Å². The summed E-state index contributed by atoms with van der Waals surface area (Å²) in [7, 11) is -4.23. The van der Waals surface area contributed by atoms with E-state index in [-0.39, 0.29) is 29.5 Å². The fourth-order valence-corrected chi connectivity index (χ4v) is 6.98. The Morgan fingerprint density at radius 1 is 0.740 bits per heavy atom. The second-order valence-electron chi connectivity index (χ2n) is 12.2. The summed E-state index contributed by atoms with van der Waals surface area (Å²) in [5.41, 5.74) is 3.88. The summed E-state index contributed by atoms with van der Waals surface area (Å²) >= 11 is 0. The van der Waals surface area contributed by atoms with Crippen molar-refractivity contribution in [3.8, 4) is 11.5 Å². The average Bonchev–Trinajstić information content (AvgIpc) is 3.13. The summed E-state index contributed by atoms with van der Waals surface area (Å²) in [5.74, 6) is 0.335. The lowest BCUT2D eigenvalue weighted by atomic mass is 10.0. The van der Waals surface area contributed by atoms with Gasteiger partial charge in [0.1, 0.15) is 24.1 Å². The van der Waals surface area contributed by atoms with E-state index in [9.17, 15) is 18.0 Å². The molecule has 0 bridgehead atoms. The lowest BCUT2D eigenvalue weighted by Crippen LogP contribution is -2.53. The molecule has 0 radical (unpaired) electrons. The van der Waals surface area contributed by atoms with Crippen LogP contribution in [0.5, 0.6) is 11.5 Å². The van der Waals surface area contributed by atoms with Gasteiger partial charge in [0.05, 0.1) is 10.6 Å². The number of nitrogens with one attached hydrogen (secondary N) is 1. The Labute approximate surface area is 295 Å². The molecule has 0 saturated carbocycles. The molecule has 0 aliphatic heterocycles. The van der Waals surface area contributed by atoms with E-state index in [0.717, 1.165) is 33.0 Å². The molecule has 0 spiro atoms. The number of carbonyl (C=O) groups excluding carboxylic acids is 2. The van der Waals surface area contributed by atoms with E-state index in [2.05, 4.69) is 5.32 Å². The Kier molecular flexibility index (Phi) is 12.1. The van der Waals surface area contributed by atoms with Gasteiger partial charge in [0.15, 0.2) is 0 Å². The Morgan fingerprint density at radius 3 is 1.98 bits per heavy atom. The number of carbonyl (C=O) groups is 2. The van der Waals surface area contributed by atoms with Crippen molar-refractivity contribution in [2.75, 3.05) is 17.4 Å². The summed E-state index contributed by atoms with van der Waals surface area (Å²) in [6.45, 7) is 5.82. The van der Waals surface area contributed by atoms with Crippen LogP contribution in [0.4, 0.5) is 5.69 Å². The van der Waals surface area contributed by atoms with Crippen LogP contribution in [0.15, 0.2) is 138 Å². The zero-order chi connectivity index (χ0) is 35.5. The maximum atomic E-state index is 14.7. The molecule has 0 aliphatic rings. The van der Waals surface area contributed by atoms with Crippen molar-refractivity contribution in [1.29, 1.82) is 0 Å². The van der Waals surface area contributed by atoms with E-state index in [1.165, 1.54) is 17.0 Å². The quantitative estimate of drug-likeness (QED) is 0.123. The zero-order valence-electron chi connectivity index (χ0n) is 28.7. The first-order valence-electron chi connectivity index (χ1n) is 16.7. The smallest absolute Gasteiger partial charge is 0.264 e. The summed E-state index contributed by atoms with van der Waals surface area (Å²) in [6.07, 6.45) is 0.979. The molecule has 0 unspecified atom stereocenters. The van der Waals surface area contributed by atoms with Gasteiger partial charge in [0.2, 0.25) is 11.8 Å². The van der Waals surface area contributed by atoms with Gasteiger partial charge in [-0.1, -0.05) is 97.4 Å². The Bertz CT molecular complexity index is 1970. The number of benzene rings is 5. The van der Waals surface area contributed by atoms with Crippen LogP contribution in [-0.4, -0.2) is 44.3 Å². The van der Waals surface area contributed by atoms with Crippen LogP contribution >= 0.6 is 0 Å². The van der Waals surface area contributed by atoms with Crippen LogP contribution in [0.25, 0.3) is 0 Å². The molecule has 2 amide bonds. The SMILES string of the molecule is CCCNC(=O)[C@H](Cc1ccccc1)N(Cc1ccccc1C)C(=O)CN(c1ccc(Oc2ccccc2)cc1)S(=O)(=O)c1ccc(C)cc1. The van der Waals surface area contributed by atoms with Crippen molar-refractivity contribution < 1.29 is 22.7 Å². The molecular formula is C41H43N3O5S. The molecular weight excluding hydrogens is 647 g/mol. The summed E-state index contributed by atoms with van der Waals surface area (Å²) in [6, 6.07) is 38.7. The second-order valence-corrected chi connectivity index (χ2v) is 14.0. The first kappa shape index (κ1) is 35.9. The van der Waals surface area contributed by atoms with Gasteiger partial charge in [-0.05, 0) is 85.5 Å². The van der Waals surface area contributed by atoms with Crippen LogP contribution in [0.2, 0.25) is 0 Å². The van der Waals surface area contributed by atoms with E-state index in [0.29, 0.717) is 18.0 Å². The number of hydrogen-bond donors (Lipinski definition) is 1. The molecule has 50 heavy (non-hydrogen) atoms. The van der Waals surface area contributed by atoms with Crippen LogP contribution in [-0.2, 0) is 32.6 Å². The number of ether oxygens (including phenoxy) is 1. The molecule has 5 aromatic rings. The predicted molar refractivity (Wildman–Crippen MR) is 198 cm³/mol. The van der Waals surface area contributed by atoms with Gasteiger partial charge in [0, 0.05) is 19.5 Å². The molecule has 5 rings (SSSR count). The fourth-order valence-electron chi connectivity index (χ4n) is 5.56. The standard InChI is InChI=1S/C41H43N3O5S/c1-4-27-42-41(46)39(28-33-14-7-5-8-15-33)43(29-34-16-12-11-13-32(34)3)40(45)30-44(50(47,48)38-25-19-31(2)20-26-38)35-21-23-37(24-22-35)49-36-17-9-6-10-18-36/h5-26,39H,4,27-30H2,1-3H3,(H,42,46)/t39-/m0/s1. The second kappa shape index (κ2) is 16.8. The van der Waals surface area contributed by atoms with Gasteiger partial charge in [-0.25, -0.2) is 8.42 Å². The highest BCUT2D eigenvalue weighted by Gasteiger charge is 2.34. The predicted octanol–water partition coefficient (Wildman–Crippen LogP) is 7.46. The van der Waals surface area contributed by atoms with Gasteiger partial charge in [-0.3, -0.25) is 13.9 Å². The molecule has 9 heteroatoms. The molecule has 5 aromatic carbocycles. The van der Waals surface area contributed by atoms with E-state index < -0.39 is 28.5 Å². The van der Waals surface area contributed by atoms with Crippen molar-refractivity contribution in [3.05, 3.63) is 156 Å². The number of amides is 2. The molecule has 0 saturated heterocycles. The first-order valence-corrected chi connectivity index (χ1v) is 18.2. The molecule has 0 heterocycles. The molecule has 258 valence electrons. The third-order valence-corrected chi connectivity index (χ3v) is 10.2. The minimum atomic E-state index is -4.23. The van der Waals surface area contributed by atoms with Crippen molar-refractivity contribution in [3.63, 3.8) is 0 Å². The highest BCUT2D eigenvalue weighted by atomic mass is 32.2. The van der Waals surface area contributed by atoms with Gasteiger partial charge < -0.3 is 15.0 Å². The first-order chi connectivity index (χ1) is 24.2. The number of hydrogen-bond acceptors (Lipinski definition) is 5. The average molecular weight is 690 g/mol. The van der Waals surface area contributed by atoms with Crippen molar-refractivity contribution in [2.45, 2.75) is 51.1 Å². The summed E-state index contributed by atoms with van der Waals surface area (Å²) in [5, 5.41) is 2.98. The van der Waals surface area contributed by atoms with Crippen LogP contribution < -0.4 is 14.4 Å². The number of para-hydroxylation sites is 1. The fraction of sp³-hybridized carbons (Fsp3) is 0.220. The van der Waals surface area contributed by atoms with E-state index in [1.807, 2.05) is 106 Å². The maximum Gasteiger partial charge on any atom is 0.264 e. The third kappa shape index (κ3) is 9.18. The van der Waals surface area contributed by atoms with Gasteiger partial charge in [-0.15, -0.1) is 0 Å². The number of rotatable bonds is 15. The Balaban J connectivity index is 1.56. The Hall–Kier alpha value is -5.41. The lowest BCUT2D eigenvalue weighted by molar-refractivity contribution is -0.140. The zero-order valence-corrected chi connectivity index (χ0v) is 29.5. The summed E-state index contributed by atoms with van der Waals surface area (Å²) < 4.78 is 35.8. The lowest BCUT2D eigenvalue weighted by Gasteiger charge is -2.34. The molecule has 0 aliphatic carbocycles. The van der Waals surface area contributed by atoms with Crippen molar-refractivity contribution >= 4 is 27.5 Å². The molecule has 8 nitrogen and oxygen atoms in total. The highest BCUT2D eigenvalue weighted by Crippen LogP contribution is 2.29. The molecule has 1 N–H and O–H groups in total. The minimum Gasteiger partial charge on any atom is -0.457 e. The third-order valence-electron chi connectivity index (χ3n) is 8.41. The van der Waals surface area contributed by atoms with Gasteiger partial charge >= 0.3 is 0 Å². The monoisotopic (exact) mass is 689 g/mol. The highest BCUT2D eigenvalue weighted by molar-refractivity contribution is 7.92. The van der Waals surface area contributed by atoms with E-state index in [1.54, 1.807) is 36.4 Å². The summed E-state index contributed by atoms with van der Waals surface area (Å²) in [4.78, 5) is 30.1. The van der Waals surface area contributed by atoms with Crippen LogP contribution in [0.1, 0.15) is 35.6 Å². The number of nitrogens with zero attached hydrogens (tertiary/aromatic N) is 2. The largest absolute Gasteiger partial charge is 0.457 e. The van der Waals surface area contributed by atoms with E-state index >= 15 is 0 Å². The number of sulfonamides is 1. The number of aryl methyl sites for hydroxylation is 2.